The molecule has 3 aromatic rings. The third-order valence-corrected chi connectivity index (χ3v) is 5.82. The molecule has 0 amide bonds. The lowest BCUT2D eigenvalue weighted by Crippen LogP contribution is -2.08. The van der Waals surface area contributed by atoms with E-state index in [0.29, 0.717) is 5.75 Å². The molecule has 2 aromatic carbocycles. The summed E-state index contributed by atoms with van der Waals surface area (Å²) in [7, 11) is 0. The first-order valence-electron chi connectivity index (χ1n) is 8.09. The highest BCUT2D eigenvalue weighted by atomic mass is 32.2. The lowest BCUT2D eigenvalue weighted by atomic mass is 10.0. The van der Waals surface area contributed by atoms with Crippen molar-refractivity contribution in [3.8, 4) is 0 Å². The van der Waals surface area contributed by atoms with Crippen LogP contribution in [0, 0.1) is 0 Å². The second-order valence-corrected chi connectivity index (χ2v) is 7.61. The SMILES string of the molecule is O=C(CN=Cc1cccs1)CSC(c1ccccc1)c1ccccc1. The number of aliphatic imine (C=N–C) groups is 1. The van der Waals surface area contributed by atoms with Gasteiger partial charge in [-0.2, -0.15) is 0 Å². The minimum atomic E-state index is 0.148. The Kier molecular flexibility index (Phi) is 6.60. The number of ketones is 1. The first-order chi connectivity index (χ1) is 12.3. The van der Waals surface area contributed by atoms with Crippen LogP contribution in [0.25, 0.3) is 0 Å². The highest BCUT2D eigenvalue weighted by molar-refractivity contribution is 8.00. The van der Waals surface area contributed by atoms with E-state index in [9.17, 15) is 4.79 Å². The summed E-state index contributed by atoms with van der Waals surface area (Å²) in [5, 5.41) is 2.16. The number of hydrogen-bond donors (Lipinski definition) is 0. The lowest BCUT2D eigenvalue weighted by Gasteiger charge is -2.17. The van der Waals surface area contributed by atoms with Crippen molar-refractivity contribution < 1.29 is 4.79 Å². The van der Waals surface area contributed by atoms with Gasteiger partial charge in [0, 0.05) is 11.1 Å². The standard InChI is InChI=1S/C21H19NOS2/c23-19(14-22-15-20-12-7-13-24-20)16-25-21(17-8-3-1-4-9-17)18-10-5-2-6-11-18/h1-13,15,21H,14,16H2. The smallest absolute Gasteiger partial charge is 0.164 e. The normalized spacial score (nSPS) is 11.2. The molecule has 0 saturated heterocycles. The van der Waals surface area contributed by atoms with Crippen LogP contribution in [-0.2, 0) is 4.79 Å². The highest BCUT2D eigenvalue weighted by Gasteiger charge is 2.15. The fourth-order valence-corrected chi connectivity index (χ4v) is 4.21. The van der Waals surface area contributed by atoms with E-state index in [4.69, 9.17) is 0 Å². The van der Waals surface area contributed by atoms with Gasteiger partial charge in [0.25, 0.3) is 0 Å². The molecule has 0 aliphatic heterocycles. The van der Waals surface area contributed by atoms with E-state index in [1.165, 1.54) is 11.1 Å². The molecule has 1 aromatic heterocycles. The van der Waals surface area contributed by atoms with E-state index in [1.807, 2.05) is 53.9 Å². The number of carbonyl (C=O) groups is 1. The third-order valence-electron chi connectivity index (χ3n) is 3.64. The molecule has 0 unspecified atom stereocenters. The zero-order valence-electron chi connectivity index (χ0n) is 13.7. The Morgan fingerprint density at radius 1 is 0.960 bits per heavy atom. The van der Waals surface area contributed by atoms with Crippen LogP contribution in [-0.4, -0.2) is 24.3 Å². The first kappa shape index (κ1) is 17.6. The Hall–Kier alpha value is -2.17. The summed E-state index contributed by atoms with van der Waals surface area (Å²) in [5.41, 5.74) is 2.43. The van der Waals surface area contributed by atoms with Crippen LogP contribution in [0.2, 0.25) is 0 Å². The Balaban J connectivity index is 1.62. The average Bonchev–Trinajstić information content (AvgIpc) is 3.17. The molecular weight excluding hydrogens is 346 g/mol. The van der Waals surface area contributed by atoms with Gasteiger partial charge in [0.1, 0.15) is 0 Å². The second kappa shape index (κ2) is 9.35. The van der Waals surface area contributed by atoms with Crippen molar-refractivity contribution in [1.82, 2.24) is 0 Å². The van der Waals surface area contributed by atoms with Crippen molar-refractivity contribution in [2.24, 2.45) is 4.99 Å². The number of carbonyl (C=O) groups excluding carboxylic acids is 1. The molecule has 0 radical (unpaired) electrons. The van der Waals surface area contributed by atoms with Crippen molar-refractivity contribution in [3.63, 3.8) is 0 Å². The van der Waals surface area contributed by atoms with Crippen molar-refractivity contribution in [2.45, 2.75) is 5.25 Å². The summed E-state index contributed by atoms with van der Waals surface area (Å²) >= 11 is 3.28. The van der Waals surface area contributed by atoms with E-state index < -0.39 is 0 Å². The molecule has 0 fully saturated rings. The summed E-state index contributed by atoms with van der Waals surface area (Å²) in [6, 6.07) is 24.6. The summed E-state index contributed by atoms with van der Waals surface area (Å²) < 4.78 is 0. The fraction of sp³-hybridized carbons (Fsp3) is 0.143. The molecule has 0 bridgehead atoms. The van der Waals surface area contributed by atoms with E-state index in [2.05, 4.69) is 29.3 Å². The van der Waals surface area contributed by atoms with Gasteiger partial charge in [0.15, 0.2) is 5.78 Å². The van der Waals surface area contributed by atoms with Gasteiger partial charge in [-0.1, -0.05) is 66.7 Å². The Labute approximate surface area is 156 Å². The molecule has 25 heavy (non-hydrogen) atoms. The van der Waals surface area contributed by atoms with Crippen LogP contribution in [0.3, 0.4) is 0 Å². The largest absolute Gasteiger partial charge is 0.297 e. The predicted octanol–water partition coefficient (Wildman–Crippen LogP) is 5.26. The van der Waals surface area contributed by atoms with Gasteiger partial charge in [0.2, 0.25) is 0 Å². The van der Waals surface area contributed by atoms with Gasteiger partial charge < -0.3 is 0 Å². The van der Waals surface area contributed by atoms with Crippen molar-refractivity contribution >= 4 is 35.1 Å². The number of benzene rings is 2. The molecule has 1 heterocycles. The topological polar surface area (TPSA) is 29.4 Å². The maximum atomic E-state index is 12.2. The van der Waals surface area contributed by atoms with E-state index in [0.717, 1.165) is 4.88 Å². The monoisotopic (exact) mass is 365 g/mol. The molecule has 0 N–H and O–H groups in total. The molecule has 0 aliphatic carbocycles. The molecule has 0 spiro atoms. The molecule has 0 saturated carbocycles. The number of hydrogen-bond acceptors (Lipinski definition) is 4. The number of thiophene rings is 1. The lowest BCUT2D eigenvalue weighted by molar-refractivity contribution is -0.115. The van der Waals surface area contributed by atoms with Crippen LogP contribution in [0.1, 0.15) is 21.3 Å². The quantitative estimate of drug-likeness (QED) is 0.510. The van der Waals surface area contributed by atoms with E-state index >= 15 is 0 Å². The maximum absolute atomic E-state index is 12.2. The van der Waals surface area contributed by atoms with Gasteiger partial charge in [-0.25, -0.2) is 0 Å². The Morgan fingerprint density at radius 2 is 1.60 bits per heavy atom. The molecular formula is C21H19NOS2. The fourth-order valence-electron chi connectivity index (χ4n) is 2.46. The summed E-state index contributed by atoms with van der Waals surface area (Å²) in [6.07, 6.45) is 1.78. The molecule has 2 nitrogen and oxygen atoms in total. The van der Waals surface area contributed by atoms with Gasteiger partial charge in [-0.3, -0.25) is 9.79 Å². The van der Waals surface area contributed by atoms with Crippen LogP contribution in [0.15, 0.2) is 83.2 Å². The van der Waals surface area contributed by atoms with Crippen LogP contribution < -0.4 is 0 Å². The third kappa shape index (κ3) is 5.41. The van der Waals surface area contributed by atoms with Gasteiger partial charge in [0.05, 0.1) is 17.5 Å². The molecule has 0 aliphatic rings. The van der Waals surface area contributed by atoms with Gasteiger partial charge >= 0.3 is 0 Å². The summed E-state index contributed by atoms with van der Waals surface area (Å²) in [6.45, 7) is 0.237. The van der Waals surface area contributed by atoms with E-state index in [-0.39, 0.29) is 17.6 Å². The molecule has 4 heteroatoms. The second-order valence-electron chi connectivity index (χ2n) is 5.54. The molecule has 126 valence electrons. The van der Waals surface area contributed by atoms with Crippen LogP contribution >= 0.6 is 23.1 Å². The first-order valence-corrected chi connectivity index (χ1v) is 10.0. The summed E-state index contributed by atoms with van der Waals surface area (Å²) in [5.74, 6) is 0.602. The van der Waals surface area contributed by atoms with Crippen LogP contribution in [0.4, 0.5) is 0 Å². The minimum absolute atomic E-state index is 0.148. The number of thioether (sulfide) groups is 1. The maximum Gasteiger partial charge on any atom is 0.164 e. The number of Topliss-reactive ketones (excluding diaryl/α,β-unsaturated/α-hetero) is 1. The van der Waals surface area contributed by atoms with Gasteiger partial charge in [-0.05, 0) is 22.6 Å². The Morgan fingerprint density at radius 3 is 2.16 bits per heavy atom. The van der Waals surface area contributed by atoms with Crippen molar-refractivity contribution in [3.05, 3.63) is 94.2 Å². The summed E-state index contributed by atoms with van der Waals surface area (Å²) in [4.78, 5) is 17.5. The Bertz CT molecular complexity index is 759. The minimum Gasteiger partial charge on any atom is -0.297 e. The van der Waals surface area contributed by atoms with Crippen molar-refractivity contribution in [2.75, 3.05) is 12.3 Å². The van der Waals surface area contributed by atoms with E-state index in [1.54, 1.807) is 29.3 Å². The zero-order valence-corrected chi connectivity index (χ0v) is 15.4. The van der Waals surface area contributed by atoms with Crippen LogP contribution in [0.5, 0.6) is 0 Å². The average molecular weight is 366 g/mol. The predicted molar refractivity (Wildman–Crippen MR) is 109 cm³/mol. The molecule has 3 rings (SSSR count). The number of nitrogens with zero attached hydrogens (tertiary/aromatic N) is 1. The van der Waals surface area contributed by atoms with Crippen molar-refractivity contribution in [1.29, 1.82) is 0 Å². The van der Waals surface area contributed by atoms with Gasteiger partial charge in [-0.15, -0.1) is 23.1 Å². The highest BCUT2D eigenvalue weighted by Crippen LogP contribution is 2.35. The number of rotatable bonds is 8. The molecule has 0 atom stereocenters. The zero-order chi connectivity index (χ0) is 17.3.